The number of hydrogen-bond donors (Lipinski definition) is 1. The Labute approximate surface area is 167 Å². The van der Waals surface area contributed by atoms with Crippen molar-refractivity contribution in [1.29, 1.82) is 0 Å². The Morgan fingerprint density at radius 1 is 1.19 bits per heavy atom. The predicted molar refractivity (Wildman–Crippen MR) is 104 cm³/mol. The third-order valence-electron chi connectivity index (χ3n) is 3.41. The Morgan fingerprint density at radius 3 is 2.59 bits per heavy atom. The van der Waals surface area contributed by atoms with Crippen LogP contribution in [0.4, 0.5) is 17.2 Å². The molecule has 0 saturated carbocycles. The summed E-state index contributed by atoms with van der Waals surface area (Å²) in [6.07, 6.45) is 1.17. The van der Waals surface area contributed by atoms with Gasteiger partial charge in [0.25, 0.3) is 0 Å². The Hall–Kier alpha value is -2.91. The molecule has 0 saturated heterocycles. The van der Waals surface area contributed by atoms with E-state index in [1.54, 1.807) is 42.5 Å². The van der Waals surface area contributed by atoms with Gasteiger partial charge in [-0.2, -0.15) is 4.98 Å². The van der Waals surface area contributed by atoms with E-state index in [0.29, 0.717) is 22.2 Å². The van der Waals surface area contributed by atoms with Crippen LogP contribution in [-0.2, 0) is 0 Å². The highest BCUT2D eigenvalue weighted by Crippen LogP contribution is 2.38. The van der Waals surface area contributed by atoms with Gasteiger partial charge in [-0.15, -0.1) is 0 Å². The summed E-state index contributed by atoms with van der Waals surface area (Å²) in [5.41, 5.74) is 0.00355. The van der Waals surface area contributed by atoms with Crippen molar-refractivity contribution in [3.05, 3.63) is 68.4 Å². The Kier molecular flexibility index (Phi) is 5.72. The molecule has 0 aliphatic heterocycles. The number of ether oxygens (including phenoxy) is 2. The summed E-state index contributed by atoms with van der Waals surface area (Å²) in [7, 11) is 1.48. The van der Waals surface area contributed by atoms with E-state index in [9.17, 15) is 10.1 Å². The molecule has 3 aromatic rings. The zero-order valence-corrected chi connectivity index (χ0v) is 16.2. The number of methoxy groups -OCH3 is 1. The monoisotopic (exact) mass is 450 g/mol. The van der Waals surface area contributed by atoms with Crippen LogP contribution in [0.1, 0.15) is 0 Å². The molecule has 0 unspecified atom stereocenters. The molecule has 0 aliphatic carbocycles. The minimum absolute atomic E-state index is 0.0531. The van der Waals surface area contributed by atoms with Crippen LogP contribution in [0.15, 0.2) is 53.3 Å². The van der Waals surface area contributed by atoms with Crippen LogP contribution in [0, 0.1) is 10.1 Å². The van der Waals surface area contributed by atoms with Crippen molar-refractivity contribution in [1.82, 2.24) is 9.97 Å². The first-order valence-electron chi connectivity index (χ1n) is 7.51. The molecule has 0 bridgehead atoms. The Bertz CT molecular complexity index is 985. The van der Waals surface area contributed by atoms with Crippen LogP contribution < -0.4 is 14.8 Å². The largest absolute Gasteiger partial charge is 0.495 e. The van der Waals surface area contributed by atoms with Crippen LogP contribution >= 0.6 is 27.5 Å². The third-order valence-corrected chi connectivity index (χ3v) is 4.18. The van der Waals surface area contributed by atoms with Gasteiger partial charge in [0.2, 0.25) is 5.82 Å². The summed E-state index contributed by atoms with van der Waals surface area (Å²) in [5.74, 6) is 0.595. The molecule has 10 heteroatoms. The molecule has 3 rings (SSSR count). The number of hydrogen-bond acceptors (Lipinski definition) is 7. The van der Waals surface area contributed by atoms with Crippen molar-refractivity contribution in [2.24, 2.45) is 0 Å². The van der Waals surface area contributed by atoms with E-state index in [-0.39, 0.29) is 11.7 Å². The first-order chi connectivity index (χ1) is 13.0. The maximum atomic E-state index is 11.6. The molecule has 27 heavy (non-hydrogen) atoms. The lowest BCUT2D eigenvalue weighted by atomic mass is 10.3. The quantitative estimate of drug-likeness (QED) is 0.398. The van der Waals surface area contributed by atoms with Crippen molar-refractivity contribution in [2.75, 3.05) is 12.4 Å². The molecule has 138 valence electrons. The summed E-state index contributed by atoms with van der Waals surface area (Å²) in [6, 6.07) is 11.7. The van der Waals surface area contributed by atoms with Gasteiger partial charge in [-0.3, -0.25) is 10.1 Å². The van der Waals surface area contributed by atoms with Gasteiger partial charge in [0.15, 0.2) is 0 Å². The van der Waals surface area contributed by atoms with E-state index >= 15 is 0 Å². The third kappa shape index (κ3) is 4.44. The number of rotatable bonds is 6. The average molecular weight is 452 g/mol. The average Bonchev–Trinajstić information content (AvgIpc) is 2.64. The van der Waals surface area contributed by atoms with Gasteiger partial charge in [-0.1, -0.05) is 27.5 Å². The number of nitrogens with zero attached hydrogens (tertiary/aromatic N) is 3. The number of anilines is 2. The lowest BCUT2D eigenvalue weighted by molar-refractivity contribution is -0.385. The fourth-order valence-corrected chi connectivity index (χ4v) is 2.65. The van der Waals surface area contributed by atoms with E-state index in [1.165, 1.54) is 13.4 Å². The highest BCUT2D eigenvalue weighted by Gasteiger charge is 2.26. The maximum absolute atomic E-state index is 11.6. The fraction of sp³-hybridized carbons (Fsp3) is 0.0588. The highest BCUT2D eigenvalue weighted by molar-refractivity contribution is 9.10. The molecule has 0 radical (unpaired) electrons. The Morgan fingerprint density at radius 2 is 1.93 bits per heavy atom. The molecule has 8 nitrogen and oxygen atoms in total. The van der Waals surface area contributed by atoms with E-state index in [4.69, 9.17) is 21.1 Å². The van der Waals surface area contributed by atoms with Crippen LogP contribution in [0.5, 0.6) is 17.4 Å². The lowest BCUT2D eigenvalue weighted by Crippen LogP contribution is -2.04. The molecular formula is C17H12BrClN4O4. The molecule has 0 amide bonds. The van der Waals surface area contributed by atoms with Gasteiger partial charge >= 0.3 is 11.6 Å². The Balaban J connectivity index is 2.00. The molecule has 0 spiro atoms. The first-order valence-corrected chi connectivity index (χ1v) is 8.68. The minimum atomic E-state index is -0.618. The fourth-order valence-electron chi connectivity index (χ4n) is 2.21. The van der Waals surface area contributed by atoms with Crippen LogP contribution in [-0.4, -0.2) is 22.0 Å². The smallest absolute Gasteiger partial charge is 0.373 e. The zero-order valence-electron chi connectivity index (χ0n) is 13.8. The highest BCUT2D eigenvalue weighted by atomic mass is 79.9. The molecule has 0 fully saturated rings. The SMILES string of the molecule is COc1ccc(Cl)cc1Nc1ncnc(Oc2ccc(Br)cc2)c1[N+](=O)[O-]. The number of halogens is 2. The molecule has 0 aliphatic rings. The second-order valence-electron chi connectivity index (χ2n) is 5.16. The van der Waals surface area contributed by atoms with Crippen LogP contribution in [0.25, 0.3) is 0 Å². The summed E-state index contributed by atoms with van der Waals surface area (Å²) >= 11 is 9.32. The maximum Gasteiger partial charge on any atom is 0.373 e. The van der Waals surface area contributed by atoms with E-state index in [2.05, 4.69) is 31.2 Å². The van der Waals surface area contributed by atoms with Gasteiger partial charge in [0.1, 0.15) is 17.8 Å². The van der Waals surface area contributed by atoms with Crippen molar-refractivity contribution < 1.29 is 14.4 Å². The normalized spacial score (nSPS) is 10.3. The number of nitro groups is 1. The van der Waals surface area contributed by atoms with Crippen molar-refractivity contribution in [3.8, 4) is 17.4 Å². The summed E-state index contributed by atoms with van der Waals surface area (Å²) in [6.45, 7) is 0. The summed E-state index contributed by atoms with van der Waals surface area (Å²) in [4.78, 5) is 18.9. The van der Waals surface area contributed by atoms with E-state index in [0.717, 1.165) is 4.47 Å². The number of benzene rings is 2. The summed E-state index contributed by atoms with van der Waals surface area (Å²) < 4.78 is 11.7. The van der Waals surface area contributed by atoms with Gasteiger partial charge in [-0.25, -0.2) is 4.98 Å². The second-order valence-corrected chi connectivity index (χ2v) is 6.51. The zero-order chi connectivity index (χ0) is 19.4. The number of nitrogens with one attached hydrogen (secondary N) is 1. The molecule has 1 N–H and O–H groups in total. The van der Waals surface area contributed by atoms with Crippen molar-refractivity contribution >= 4 is 44.7 Å². The predicted octanol–water partition coefficient (Wildman–Crippen LogP) is 5.35. The van der Waals surface area contributed by atoms with Gasteiger partial charge in [0, 0.05) is 9.50 Å². The van der Waals surface area contributed by atoms with Gasteiger partial charge in [0.05, 0.1) is 17.7 Å². The van der Waals surface area contributed by atoms with E-state index in [1.807, 2.05) is 0 Å². The lowest BCUT2D eigenvalue weighted by Gasteiger charge is -2.12. The molecule has 2 aromatic carbocycles. The second kappa shape index (κ2) is 8.19. The minimum Gasteiger partial charge on any atom is -0.495 e. The molecule has 1 heterocycles. The van der Waals surface area contributed by atoms with Crippen molar-refractivity contribution in [2.45, 2.75) is 0 Å². The first kappa shape index (κ1) is 18.9. The molecular weight excluding hydrogens is 440 g/mol. The van der Waals surface area contributed by atoms with Crippen molar-refractivity contribution in [3.63, 3.8) is 0 Å². The van der Waals surface area contributed by atoms with Crippen LogP contribution in [0.3, 0.4) is 0 Å². The summed E-state index contributed by atoms with van der Waals surface area (Å²) in [5, 5.41) is 14.9. The topological polar surface area (TPSA) is 99.4 Å². The number of aromatic nitrogens is 2. The molecule has 1 aromatic heterocycles. The standard InChI is InChI=1S/C17H12BrClN4O4/c1-26-14-7-4-11(19)8-13(14)22-16-15(23(24)25)17(21-9-20-16)27-12-5-2-10(18)3-6-12/h2-9H,1H3,(H,20,21,22). The van der Waals surface area contributed by atoms with Gasteiger partial charge in [-0.05, 0) is 42.5 Å². The van der Waals surface area contributed by atoms with Gasteiger partial charge < -0.3 is 14.8 Å². The van der Waals surface area contributed by atoms with E-state index < -0.39 is 10.6 Å². The molecule has 0 atom stereocenters. The van der Waals surface area contributed by atoms with Crippen LogP contribution in [0.2, 0.25) is 5.02 Å².